The van der Waals surface area contributed by atoms with E-state index < -0.39 is 40.7 Å². The highest BCUT2D eigenvalue weighted by molar-refractivity contribution is 5.31. The van der Waals surface area contributed by atoms with Gasteiger partial charge < -0.3 is 4.74 Å². The lowest BCUT2D eigenvalue weighted by molar-refractivity contribution is -0.189. The Morgan fingerprint density at radius 2 is 1.39 bits per heavy atom. The number of hydrogen-bond acceptors (Lipinski definition) is 1. The summed E-state index contributed by atoms with van der Waals surface area (Å²) in [5, 5.41) is 0. The van der Waals surface area contributed by atoms with Gasteiger partial charge in [0.05, 0.1) is 0 Å². The second-order valence-corrected chi connectivity index (χ2v) is 4.91. The maximum absolute atomic E-state index is 14.0. The van der Waals surface area contributed by atoms with Gasteiger partial charge in [-0.1, -0.05) is 13.3 Å². The fraction of sp³-hybridized carbons (Fsp3) is 0.250. The summed E-state index contributed by atoms with van der Waals surface area (Å²) in [6, 6.07) is 2.99. The molecule has 2 aromatic carbocycles. The van der Waals surface area contributed by atoms with Crippen LogP contribution in [0.5, 0.6) is 5.75 Å². The van der Waals surface area contributed by atoms with Crippen LogP contribution in [0, 0.1) is 23.3 Å². The van der Waals surface area contributed by atoms with Gasteiger partial charge >= 0.3 is 6.11 Å². The van der Waals surface area contributed by atoms with E-state index in [1.165, 1.54) is 0 Å². The molecule has 2 aromatic rings. The third-order valence-corrected chi connectivity index (χ3v) is 3.01. The maximum atomic E-state index is 14.0. The second kappa shape index (κ2) is 6.52. The molecule has 23 heavy (non-hydrogen) atoms. The van der Waals surface area contributed by atoms with Crippen molar-refractivity contribution < 1.29 is 31.1 Å². The van der Waals surface area contributed by atoms with Crippen molar-refractivity contribution in [2.75, 3.05) is 0 Å². The Kier molecular flexibility index (Phi) is 4.87. The predicted molar refractivity (Wildman–Crippen MR) is 71.2 cm³/mol. The molecule has 0 spiro atoms. The monoisotopic (exact) mass is 334 g/mol. The number of alkyl halides is 2. The molecule has 0 fully saturated rings. The average molecular weight is 334 g/mol. The number of halogens is 6. The SMILES string of the molecule is CCCc1cc(F)c(C(F)(F)Oc2cc(F)cc(F)c2)c(F)c1. The van der Waals surface area contributed by atoms with E-state index in [0.29, 0.717) is 31.0 Å². The fourth-order valence-corrected chi connectivity index (χ4v) is 2.12. The molecule has 124 valence electrons. The van der Waals surface area contributed by atoms with Crippen LogP contribution in [0.4, 0.5) is 26.3 Å². The van der Waals surface area contributed by atoms with Crippen LogP contribution in [0.25, 0.3) is 0 Å². The predicted octanol–water partition coefficient (Wildman–Crippen LogP) is 5.32. The number of benzene rings is 2. The second-order valence-electron chi connectivity index (χ2n) is 4.91. The number of rotatable bonds is 5. The molecule has 0 saturated carbocycles. The molecule has 7 heteroatoms. The Bertz CT molecular complexity index is 670. The molecule has 0 radical (unpaired) electrons. The molecule has 0 aromatic heterocycles. The van der Waals surface area contributed by atoms with E-state index in [-0.39, 0.29) is 5.56 Å². The highest BCUT2D eigenvalue weighted by atomic mass is 19.3. The van der Waals surface area contributed by atoms with E-state index >= 15 is 0 Å². The molecule has 0 aliphatic rings. The zero-order valence-corrected chi connectivity index (χ0v) is 12.0. The van der Waals surface area contributed by atoms with E-state index in [9.17, 15) is 26.3 Å². The van der Waals surface area contributed by atoms with Crippen LogP contribution in [0.3, 0.4) is 0 Å². The van der Waals surface area contributed by atoms with Crippen LogP contribution in [-0.4, -0.2) is 0 Å². The molecule has 0 heterocycles. The smallest absolute Gasteiger partial charge is 0.429 e. The molecule has 0 unspecified atom stereocenters. The first-order chi connectivity index (χ1) is 10.7. The van der Waals surface area contributed by atoms with Crippen molar-refractivity contribution in [3.05, 3.63) is 64.7 Å². The maximum Gasteiger partial charge on any atom is 0.432 e. The highest BCUT2D eigenvalue weighted by Crippen LogP contribution is 2.36. The summed E-state index contributed by atoms with van der Waals surface area (Å²) >= 11 is 0. The van der Waals surface area contributed by atoms with Gasteiger partial charge in [-0.05, 0) is 24.1 Å². The fourth-order valence-electron chi connectivity index (χ4n) is 2.12. The lowest BCUT2D eigenvalue weighted by Crippen LogP contribution is -2.25. The lowest BCUT2D eigenvalue weighted by atomic mass is 10.1. The molecule has 0 atom stereocenters. The Morgan fingerprint density at radius 3 is 1.87 bits per heavy atom. The number of hydrogen-bond donors (Lipinski definition) is 0. The zero-order valence-electron chi connectivity index (χ0n) is 12.0. The van der Waals surface area contributed by atoms with Crippen molar-refractivity contribution in [3.8, 4) is 5.75 Å². The summed E-state index contributed by atoms with van der Waals surface area (Å²) in [4.78, 5) is 0. The van der Waals surface area contributed by atoms with Crippen LogP contribution in [0.2, 0.25) is 0 Å². The molecule has 0 aliphatic heterocycles. The molecular weight excluding hydrogens is 322 g/mol. The van der Waals surface area contributed by atoms with Crippen LogP contribution < -0.4 is 4.74 Å². The first-order valence-corrected chi connectivity index (χ1v) is 6.74. The topological polar surface area (TPSA) is 9.23 Å². The Balaban J connectivity index is 2.39. The van der Waals surface area contributed by atoms with E-state index in [2.05, 4.69) is 4.74 Å². The lowest BCUT2D eigenvalue weighted by Gasteiger charge is -2.20. The quantitative estimate of drug-likeness (QED) is 0.672. The summed E-state index contributed by atoms with van der Waals surface area (Å²) in [5.41, 5.74) is -1.39. The molecule has 0 N–H and O–H groups in total. The summed E-state index contributed by atoms with van der Waals surface area (Å²) in [6.45, 7) is 1.76. The number of ether oxygens (including phenoxy) is 1. The van der Waals surface area contributed by atoms with Crippen molar-refractivity contribution in [1.82, 2.24) is 0 Å². The van der Waals surface area contributed by atoms with Crippen LogP contribution in [-0.2, 0) is 12.5 Å². The van der Waals surface area contributed by atoms with Crippen molar-refractivity contribution in [1.29, 1.82) is 0 Å². The minimum absolute atomic E-state index is 0.221. The first kappa shape index (κ1) is 17.2. The van der Waals surface area contributed by atoms with Crippen LogP contribution in [0.15, 0.2) is 30.3 Å². The largest absolute Gasteiger partial charge is 0.432 e. The van der Waals surface area contributed by atoms with Gasteiger partial charge in [-0.25, -0.2) is 17.6 Å². The van der Waals surface area contributed by atoms with E-state index in [1.54, 1.807) is 6.92 Å². The number of aryl methyl sites for hydroxylation is 1. The summed E-state index contributed by atoms with van der Waals surface area (Å²) < 4.78 is 85.8. The van der Waals surface area contributed by atoms with Gasteiger partial charge in [0.15, 0.2) is 0 Å². The normalized spacial score (nSPS) is 11.6. The third kappa shape index (κ3) is 3.97. The highest BCUT2D eigenvalue weighted by Gasteiger charge is 2.41. The summed E-state index contributed by atoms with van der Waals surface area (Å²) in [7, 11) is 0. The van der Waals surface area contributed by atoms with Gasteiger partial charge in [0.1, 0.15) is 34.6 Å². The summed E-state index contributed by atoms with van der Waals surface area (Å²) in [5.74, 6) is -6.18. The van der Waals surface area contributed by atoms with Gasteiger partial charge in [-0.2, -0.15) is 8.78 Å². The van der Waals surface area contributed by atoms with Gasteiger partial charge in [-0.15, -0.1) is 0 Å². The zero-order chi connectivity index (χ0) is 17.2. The standard InChI is InChI=1S/C16H12F6O/c1-2-3-9-4-13(19)15(14(20)5-9)16(21,22)23-12-7-10(17)6-11(18)8-12/h4-8H,2-3H2,1H3. The van der Waals surface area contributed by atoms with Crippen molar-refractivity contribution in [2.45, 2.75) is 25.9 Å². The molecule has 1 nitrogen and oxygen atoms in total. The Labute approximate surface area is 128 Å². The molecule has 0 amide bonds. The molecule has 0 aliphatic carbocycles. The molecule has 0 saturated heterocycles. The van der Waals surface area contributed by atoms with Crippen molar-refractivity contribution >= 4 is 0 Å². The molecule has 0 bridgehead atoms. The average Bonchev–Trinajstić information content (AvgIpc) is 2.35. The van der Waals surface area contributed by atoms with Crippen molar-refractivity contribution in [3.63, 3.8) is 0 Å². The third-order valence-electron chi connectivity index (χ3n) is 3.01. The Hall–Kier alpha value is -2.18. The first-order valence-electron chi connectivity index (χ1n) is 6.74. The van der Waals surface area contributed by atoms with Crippen LogP contribution >= 0.6 is 0 Å². The minimum atomic E-state index is -4.43. The van der Waals surface area contributed by atoms with Gasteiger partial charge in [-0.3, -0.25) is 0 Å². The molecular formula is C16H12F6O. The van der Waals surface area contributed by atoms with Gasteiger partial charge in [0, 0.05) is 18.2 Å². The minimum Gasteiger partial charge on any atom is -0.429 e. The van der Waals surface area contributed by atoms with Crippen molar-refractivity contribution in [2.24, 2.45) is 0 Å². The van der Waals surface area contributed by atoms with Crippen LogP contribution in [0.1, 0.15) is 24.5 Å². The summed E-state index contributed by atoms with van der Waals surface area (Å²) in [6.07, 6.45) is -3.54. The van der Waals surface area contributed by atoms with Gasteiger partial charge in [0.2, 0.25) is 0 Å². The van der Waals surface area contributed by atoms with E-state index in [4.69, 9.17) is 0 Å². The van der Waals surface area contributed by atoms with Gasteiger partial charge in [0.25, 0.3) is 0 Å². The Morgan fingerprint density at radius 1 is 0.870 bits per heavy atom. The molecule has 2 rings (SSSR count). The van der Waals surface area contributed by atoms with E-state index in [0.717, 1.165) is 12.1 Å². The van der Waals surface area contributed by atoms with E-state index in [1.807, 2.05) is 0 Å².